The van der Waals surface area contributed by atoms with E-state index in [1.165, 1.54) is 12.8 Å². The first kappa shape index (κ1) is 20.7. The number of ketones is 1. The van der Waals surface area contributed by atoms with Crippen LogP contribution in [0.2, 0.25) is 0 Å². The molecule has 0 spiro atoms. The smallest absolute Gasteiger partial charge is 0.149 e. The van der Waals surface area contributed by atoms with Gasteiger partial charge in [0.25, 0.3) is 0 Å². The number of likely N-dealkylation sites (tertiary alicyclic amines) is 2. The second-order valence-corrected chi connectivity index (χ2v) is 9.78. The van der Waals surface area contributed by atoms with E-state index < -0.39 is 0 Å². The van der Waals surface area contributed by atoms with Gasteiger partial charge in [0.15, 0.2) is 0 Å². The molecule has 0 amide bonds. The average Bonchev–Trinajstić information content (AvgIpc) is 2.97. The molecular weight excluding hydrogens is 362 g/mol. The maximum absolute atomic E-state index is 12.0. The van der Waals surface area contributed by atoms with Crippen molar-refractivity contribution >= 4 is 11.6 Å². The fourth-order valence-electron chi connectivity index (χ4n) is 5.19. The van der Waals surface area contributed by atoms with Crippen molar-refractivity contribution in [1.29, 1.82) is 0 Å². The molecule has 0 aliphatic carbocycles. The highest BCUT2D eigenvalue weighted by molar-refractivity contribution is 5.82. The quantitative estimate of drug-likeness (QED) is 0.733. The molecular formula is C23H37N5O. The predicted octanol–water partition coefficient (Wildman–Crippen LogP) is 2.94. The summed E-state index contributed by atoms with van der Waals surface area (Å²) in [5.41, 5.74) is 0. The third-order valence-corrected chi connectivity index (χ3v) is 7.14. The van der Waals surface area contributed by atoms with Gasteiger partial charge in [0.05, 0.1) is 6.54 Å². The Hall–Kier alpha value is -1.53. The zero-order chi connectivity index (χ0) is 20.5. The van der Waals surface area contributed by atoms with Crippen molar-refractivity contribution in [3.8, 4) is 0 Å². The molecule has 4 rings (SSSR count). The first-order valence-electron chi connectivity index (χ1n) is 11.5. The number of nitrogens with zero attached hydrogens (tertiary/aromatic N) is 5. The van der Waals surface area contributed by atoms with Crippen molar-refractivity contribution in [1.82, 2.24) is 19.8 Å². The molecule has 3 aliphatic heterocycles. The maximum atomic E-state index is 12.0. The number of aromatic nitrogens is 2. The molecule has 0 N–H and O–H groups in total. The minimum Gasteiger partial charge on any atom is -0.348 e. The largest absolute Gasteiger partial charge is 0.348 e. The van der Waals surface area contributed by atoms with E-state index >= 15 is 0 Å². The van der Waals surface area contributed by atoms with Crippen LogP contribution < -0.4 is 4.90 Å². The zero-order valence-electron chi connectivity index (χ0n) is 18.5. The first-order valence-corrected chi connectivity index (χ1v) is 11.5. The molecule has 0 radical (unpaired) electrons. The van der Waals surface area contributed by atoms with Crippen LogP contribution in [0.3, 0.4) is 0 Å². The third kappa shape index (κ3) is 4.48. The second kappa shape index (κ2) is 8.68. The Morgan fingerprint density at radius 2 is 1.72 bits per heavy atom. The van der Waals surface area contributed by atoms with Crippen LogP contribution >= 0.6 is 0 Å². The summed E-state index contributed by atoms with van der Waals surface area (Å²) < 4.78 is 0. The summed E-state index contributed by atoms with van der Waals surface area (Å²) >= 11 is 0. The molecule has 1 aromatic heterocycles. The van der Waals surface area contributed by atoms with Crippen LogP contribution in [0.1, 0.15) is 65.1 Å². The molecule has 160 valence electrons. The van der Waals surface area contributed by atoms with Crippen LogP contribution in [0.15, 0.2) is 12.3 Å². The lowest BCUT2D eigenvalue weighted by Crippen LogP contribution is -2.55. The number of piperazine rings is 1. The van der Waals surface area contributed by atoms with Crippen LogP contribution in [-0.4, -0.2) is 76.4 Å². The molecule has 2 bridgehead atoms. The van der Waals surface area contributed by atoms with Gasteiger partial charge in [-0.15, -0.1) is 0 Å². The Balaban J connectivity index is 1.40. The number of carbonyl (C=O) groups is 1. The molecule has 6 nitrogen and oxygen atoms in total. The monoisotopic (exact) mass is 399 g/mol. The molecule has 0 aromatic carbocycles. The lowest BCUT2D eigenvalue weighted by atomic mass is 9.95. The Labute approximate surface area is 175 Å². The van der Waals surface area contributed by atoms with Crippen LogP contribution in [0.4, 0.5) is 5.82 Å². The Bertz CT molecular complexity index is 699. The van der Waals surface area contributed by atoms with Gasteiger partial charge in [-0.05, 0) is 58.7 Å². The number of hydrogen-bond acceptors (Lipinski definition) is 6. The number of fused-ring (bicyclic) bond motifs is 2. The SMILES string of the molecule is CC(C)C(=O)CN1CCC(c2nccc(N3C4CCC3CN(C(C)C)C4)n2)CC1. The minimum absolute atomic E-state index is 0.124. The molecule has 3 aliphatic rings. The zero-order valence-corrected chi connectivity index (χ0v) is 18.5. The van der Waals surface area contributed by atoms with Gasteiger partial charge in [-0.25, -0.2) is 9.97 Å². The molecule has 29 heavy (non-hydrogen) atoms. The van der Waals surface area contributed by atoms with E-state index in [0.717, 1.165) is 50.7 Å². The lowest BCUT2D eigenvalue weighted by molar-refractivity contribution is -0.123. The number of anilines is 1. The standard InChI is InChI=1S/C23H37N5O/c1-16(2)21(29)15-26-11-8-18(9-12-26)23-24-10-7-22(25-23)28-19-5-6-20(28)14-27(13-19)17(3)4/h7,10,16-20H,5-6,8-9,11-15H2,1-4H3. The molecule has 1 aromatic rings. The average molecular weight is 400 g/mol. The molecule has 6 heteroatoms. The Kier molecular flexibility index (Phi) is 6.21. The van der Waals surface area contributed by atoms with Gasteiger partial charge in [-0.1, -0.05) is 13.8 Å². The summed E-state index contributed by atoms with van der Waals surface area (Å²) in [5, 5.41) is 0. The van der Waals surface area contributed by atoms with Crippen LogP contribution in [-0.2, 0) is 4.79 Å². The van der Waals surface area contributed by atoms with E-state index in [4.69, 9.17) is 4.98 Å². The summed E-state index contributed by atoms with van der Waals surface area (Å²) in [6.45, 7) is 13.4. The van der Waals surface area contributed by atoms with Crippen molar-refractivity contribution in [3.63, 3.8) is 0 Å². The summed E-state index contributed by atoms with van der Waals surface area (Å²) in [4.78, 5) is 29.3. The van der Waals surface area contributed by atoms with Gasteiger partial charge < -0.3 is 4.90 Å². The molecule has 2 unspecified atom stereocenters. The summed E-state index contributed by atoms with van der Waals surface area (Å²) in [6.07, 6.45) is 6.59. The number of rotatable bonds is 6. The number of Topliss-reactive ketones (excluding diaryl/α,β-unsaturated/α-hetero) is 1. The minimum atomic E-state index is 0.124. The van der Waals surface area contributed by atoms with Gasteiger partial charge in [-0.3, -0.25) is 14.6 Å². The topological polar surface area (TPSA) is 52.6 Å². The Morgan fingerprint density at radius 1 is 1.07 bits per heavy atom. The van der Waals surface area contributed by atoms with Crippen molar-refractivity contribution in [3.05, 3.63) is 18.1 Å². The number of carbonyl (C=O) groups excluding carboxylic acids is 1. The van der Waals surface area contributed by atoms with Crippen LogP contribution in [0, 0.1) is 5.92 Å². The summed E-state index contributed by atoms with van der Waals surface area (Å²) in [5.74, 6) is 3.01. The van der Waals surface area contributed by atoms with E-state index in [9.17, 15) is 4.79 Å². The van der Waals surface area contributed by atoms with Crippen molar-refractivity contribution < 1.29 is 4.79 Å². The maximum Gasteiger partial charge on any atom is 0.149 e. The fraction of sp³-hybridized carbons (Fsp3) is 0.783. The van der Waals surface area contributed by atoms with Crippen LogP contribution in [0.25, 0.3) is 0 Å². The van der Waals surface area contributed by atoms with Gasteiger partial charge >= 0.3 is 0 Å². The van der Waals surface area contributed by atoms with E-state index in [1.54, 1.807) is 0 Å². The third-order valence-electron chi connectivity index (χ3n) is 7.14. The van der Waals surface area contributed by atoms with Gasteiger partial charge in [0, 0.05) is 49.2 Å². The summed E-state index contributed by atoms with van der Waals surface area (Å²) in [7, 11) is 0. The van der Waals surface area contributed by atoms with Gasteiger partial charge in [-0.2, -0.15) is 0 Å². The normalized spacial score (nSPS) is 26.6. The number of piperidine rings is 1. The molecule has 4 heterocycles. The van der Waals surface area contributed by atoms with E-state index in [2.05, 4.69) is 39.6 Å². The summed E-state index contributed by atoms with van der Waals surface area (Å²) in [6, 6.07) is 3.90. The van der Waals surface area contributed by atoms with Crippen molar-refractivity contribution in [2.75, 3.05) is 37.6 Å². The van der Waals surface area contributed by atoms with Gasteiger partial charge in [0.2, 0.25) is 0 Å². The first-order chi connectivity index (χ1) is 13.9. The second-order valence-electron chi connectivity index (χ2n) is 9.78. The molecule has 0 saturated carbocycles. The van der Waals surface area contributed by atoms with E-state index in [-0.39, 0.29) is 5.92 Å². The van der Waals surface area contributed by atoms with E-state index in [0.29, 0.717) is 36.4 Å². The highest BCUT2D eigenvalue weighted by Crippen LogP contribution is 2.35. The Morgan fingerprint density at radius 3 is 2.31 bits per heavy atom. The van der Waals surface area contributed by atoms with Gasteiger partial charge in [0.1, 0.15) is 17.4 Å². The van der Waals surface area contributed by atoms with Crippen molar-refractivity contribution in [2.45, 2.75) is 77.4 Å². The van der Waals surface area contributed by atoms with Crippen molar-refractivity contribution in [2.24, 2.45) is 5.92 Å². The van der Waals surface area contributed by atoms with E-state index in [1.807, 2.05) is 20.0 Å². The fourth-order valence-corrected chi connectivity index (χ4v) is 5.19. The molecule has 2 atom stereocenters. The molecule has 3 saturated heterocycles. The highest BCUT2D eigenvalue weighted by Gasteiger charge is 2.41. The predicted molar refractivity (Wildman–Crippen MR) is 116 cm³/mol. The highest BCUT2D eigenvalue weighted by atomic mass is 16.1. The molecule has 3 fully saturated rings. The lowest BCUT2D eigenvalue weighted by Gasteiger charge is -2.43. The van der Waals surface area contributed by atoms with Crippen LogP contribution in [0.5, 0.6) is 0 Å². The number of hydrogen-bond donors (Lipinski definition) is 0.